The Bertz CT molecular complexity index is 451. The number of nitrogens with one attached hydrogen (secondary N) is 1. The molecule has 4 atom stereocenters. The molecule has 1 aromatic heterocycles. The molecule has 3 nitrogen and oxygen atoms in total. The van der Waals surface area contributed by atoms with Crippen LogP contribution in [0.3, 0.4) is 0 Å². The van der Waals surface area contributed by atoms with E-state index in [1.807, 2.05) is 6.20 Å². The predicted octanol–water partition coefficient (Wildman–Crippen LogP) is 2.97. The van der Waals surface area contributed by atoms with Crippen LogP contribution in [0.4, 0.5) is 0 Å². The lowest BCUT2D eigenvalue weighted by Gasteiger charge is -2.06. The number of hydrogen-bond donors (Lipinski definition) is 1. The van der Waals surface area contributed by atoms with Gasteiger partial charge >= 0.3 is 0 Å². The second kappa shape index (κ2) is 4.34. The van der Waals surface area contributed by atoms with Gasteiger partial charge < -0.3 is 9.73 Å². The first-order valence-corrected chi connectivity index (χ1v) is 7.92. The normalized spacial score (nSPS) is 39.0. The summed E-state index contributed by atoms with van der Waals surface area (Å²) >= 11 is 0. The van der Waals surface area contributed by atoms with Crippen molar-refractivity contribution in [2.45, 2.75) is 51.5 Å². The van der Waals surface area contributed by atoms with Crippen molar-refractivity contribution in [3.63, 3.8) is 0 Å². The standard InChI is InChI=1S/C16H24N2O/c1-9(2)17-6-5-13-18-8-12(19-13)16-14-10-3-4-11(7-10)15(14)16/h8-11,14-17H,3-7H2,1-2H3. The van der Waals surface area contributed by atoms with Crippen LogP contribution in [0.15, 0.2) is 10.6 Å². The largest absolute Gasteiger partial charge is 0.445 e. The topological polar surface area (TPSA) is 38.1 Å². The summed E-state index contributed by atoms with van der Waals surface area (Å²) in [5.74, 6) is 6.76. The molecule has 0 aromatic carbocycles. The van der Waals surface area contributed by atoms with E-state index in [1.165, 1.54) is 25.0 Å². The van der Waals surface area contributed by atoms with Gasteiger partial charge in [-0.25, -0.2) is 4.98 Å². The van der Waals surface area contributed by atoms with Gasteiger partial charge in [0, 0.05) is 24.9 Å². The summed E-state index contributed by atoms with van der Waals surface area (Å²) in [5.41, 5.74) is 0. The Balaban J connectivity index is 1.37. The van der Waals surface area contributed by atoms with Gasteiger partial charge in [-0.15, -0.1) is 0 Å². The molecule has 3 fully saturated rings. The number of oxazole rings is 1. The third-order valence-corrected chi connectivity index (χ3v) is 5.53. The fraction of sp³-hybridized carbons (Fsp3) is 0.812. The first kappa shape index (κ1) is 12.0. The molecule has 3 aliphatic carbocycles. The summed E-state index contributed by atoms with van der Waals surface area (Å²) in [5, 5.41) is 3.41. The molecule has 4 unspecified atom stereocenters. The Hall–Kier alpha value is -0.830. The van der Waals surface area contributed by atoms with Gasteiger partial charge in [0.1, 0.15) is 5.76 Å². The maximum atomic E-state index is 6.00. The molecular formula is C16H24N2O. The highest BCUT2D eigenvalue weighted by Gasteiger charge is 2.66. The monoisotopic (exact) mass is 260 g/mol. The Labute approximate surface area is 115 Å². The van der Waals surface area contributed by atoms with Crippen molar-refractivity contribution >= 4 is 0 Å². The molecule has 1 N–H and O–H groups in total. The zero-order valence-electron chi connectivity index (χ0n) is 11.9. The molecular weight excluding hydrogens is 236 g/mol. The van der Waals surface area contributed by atoms with Crippen LogP contribution in [-0.2, 0) is 6.42 Å². The molecule has 19 heavy (non-hydrogen) atoms. The lowest BCUT2D eigenvalue weighted by atomic mass is 10.0. The second-order valence-corrected chi connectivity index (χ2v) is 7.03. The van der Waals surface area contributed by atoms with E-state index in [1.54, 1.807) is 0 Å². The zero-order chi connectivity index (χ0) is 13.0. The highest BCUT2D eigenvalue weighted by atomic mass is 16.4. The number of nitrogens with zero attached hydrogens (tertiary/aromatic N) is 1. The van der Waals surface area contributed by atoms with Gasteiger partial charge in [0.15, 0.2) is 5.89 Å². The number of aromatic nitrogens is 1. The van der Waals surface area contributed by atoms with Crippen LogP contribution in [0.5, 0.6) is 0 Å². The first-order chi connectivity index (χ1) is 9.24. The van der Waals surface area contributed by atoms with Crippen LogP contribution < -0.4 is 5.32 Å². The Morgan fingerprint density at radius 3 is 2.74 bits per heavy atom. The lowest BCUT2D eigenvalue weighted by molar-refractivity contribution is 0.411. The minimum atomic E-state index is 0.535. The smallest absolute Gasteiger partial charge is 0.195 e. The molecule has 4 rings (SSSR count). The molecule has 104 valence electrons. The SMILES string of the molecule is CC(C)NCCc1ncc(C2C3C4CCC(C4)C23)o1. The van der Waals surface area contributed by atoms with Crippen LogP contribution in [0.25, 0.3) is 0 Å². The predicted molar refractivity (Wildman–Crippen MR) is 73.9 cm³/mol. The summed E-state index contributed by atoms with van der Waals surface area (Å²) in [6.07, 6.45) is 7.37. The minimum Gasteiger partial charge on any atom is -0.445 e. The van der Waals surface area contributed by atoms with Crippen LogP contribution in [0, 0.1) is 23.7 Å². The first-order valence-electron chi connectivity index (χ1n) is 7.92. The average molecular weight is 260 g/mol. The van der Waals surface area contributed by atoms with Gasteiger partial charge in [0.25, 0.3) is 0 Å². The highest BCUT2D eigenvalue weighted by Crippen LogP contribution is 2.73. The van der Waals surface area contributed by atoms with Gasteiger partial charge in [-0.3, -0.25) is 0 Å². The molecule has 2 bridgehead atoms. The van der Waals surface area contributed by atoms with E-state index >= 15 is 0 Å². The van der Waals surface area contributed by atoms with Crippen LogP contribution in [0.1, 0.15) is 50.7 Å². The Morgan fingerprint density at radius 1 is 1.32 bits per heavy atom. The summed E-state index contributed by atoms with van der Waals surface area (Å²) < 4.78 is 6.00. The number of fused-ring (bicyclic) bond motifs is 5. The van der Waals surface area contributed by atoms with Gasteiger partial charge in [0.05, 0.1) is 6.20 Å². The van der Waals surface area contributed by atoms with Crippen molar-refractivity contribution in [2.24, 2.45) is 23.7 Å². The molecule has 0 radical (unpaired) electrons. The van der Waals surface area contributed by atoms with Gasteiger partial charge in [-0.1, -0.05) is 13.8 Å². The van der Waals surface area contributed by atoms with Crippen LogP contribution >= 0.6 is 0 Å². The molecule has 1 heterocycles. The van der Waals surface area contributed by atoms with E-state index < -0.39 is 0 Å². The van der Waals surface area contributed by atoms with E-state index in [4.69, 9.17) is 4.42 Å². The average Bonchev–Trinajstić information content (AvgIpc) is 2.78. The van der Waals surface area contributed by atoms with E-state index in [2.05, 4.69) is 24.1 Å². The summed E-state index contributed by atoms with van der Waals surface area (Å²) in [4.78, 5) is 4.47. The third-order valence-electron chi connectivity index (χ3n) is 5.53. The molecule has 3 aliphatic rings. The lowest BCUT2D eigenvalue weighted by Crippen LogP contribution is -2.24. The van der Waals surface area contributed by atoms with Gasteiger partial charge in [-0.2, -0.15) is 0 Å². The Kier molecular flexibility index (Phi) is 2.73. The third kappa shape index (κ3) is 1.94. The molecule has 3 heteroatoms. The van der Waals surface area contributed by atoms with Crippen molar-refractivity contribution in [1.29, 1.82) is 0 Å². The van der Waals surface area contributed by atoms with Crippen molar-refractivity contribution in [1.82, 2.24) is 10.3 Å². The van der Waals surface area contributed by atoms with Crippen LogP contribution in [-0.4, -0.2) is 17.6 Å². The molecule has 0 aliphatic heterocycles. The van der Waals surface area contributed by atoms with Gasteiger partial charge in [-0.05, 0) is 42.9 Å². The van der Waals surface area contributed by atoms with Crippen molar-refractivity contribution < 1.29 is 4.42 Å². The van der Waals surface area contributed by atoms with E-state index in [-0.39, 0.29) is 0 Å². The van der Waals surface area contributed by atoms with Crippen molar-refractivity contribution in [2.75, 3.05) is 6.54 Å². The number of rotatable bonds is 5. The highest BCUT2D eigenvalue weighted by molar-refractivity contribution is 5.25. The van der Waals surface area contributed by atoms with Crippen LogP contribution in [0.2, 0.25) is 0 Å². The number of hydrogen-bond acceptors (Lipinski definition) is 3. The van der Waals surface area contributed by atoms with E-state index in [0.29, 0.717) is 6.04 Å². The molecule has 1 aromatic rings. The zero-order valence-corrected chi connectivity index (χ0v) is 11.9. The summed E-state index contributed by atoms with van der Waals surface area (Å²) in [7, 11) is 0. The fourth-order valence-electron chi connectivity index (χ4n) is 4.77. The van der Waals surface area contributed by atoms with E-state index in [0.717, 1.165) is 48.4 Å². The van der Waals surface area contributed by atoms with Crippen molar-refractivity contribution in [3.8, 4) is 0 Å². The summed E-state index contributed by atoms with van der Waals surface area (Å²) in [6.45, 7) is 5.30. The minimum absolute atomic E-state index is 0.535. The van der Waals surface area contributed by atoms with Crippen molar-refractivity contribution in [3.05, 3.63) is 17.8 Å². The summed E-state index contributed by atoms with van der Waals surface area (Å²) in [6, 6.07) is 0.535. The maximum Gasteiger partial charge on any atom is 0.195 e. The molecule has 3 saturated carbocycles. The van der Waals surface area contributed by atoms with Gasteiger partial charge in [0.2, 0.25) is 0 Å². The Morgan fingerprint density at radius 2 is 2.05 bits per heavy atom. The van der Waals surface area contributed by atoms with E-state index in [9.17, 15) is 0 Å². The molecule has 0 amide bonds. The molecule has 0 spiro atoms. The maximum absolute atomic E-state index is 6.00. The fourth-order valence-corrected chi connectivity index (χ4v) is 4.77. The second-order valence-electron chi connectivity index (χ2n) is 7.03. The quantitative estimate of drug-likeness (QED) is 0.884. The molecule has 0 saturated heterocycles.